The number of carbonyl (C=O) groups excluding carboxylic acids is 2. The van der Waals surface area contributed by atoms with Gasteiger partial charge in [-0.25, -0.2) is 4.98 Å². The average molecular weight is 462 g/mol. The maximum atomic E-state index is 13.7. The Labute approximate surface area is 195 Å². The number of nitrogens with one attached hydrogen (secondary N) is 1. The van der Waals surface area contributed by atoms with Gasteiger partial charge in [-0.2, -0.15) is 0 Å². The molecule has 0 spiro atoms. The average Bonchev–Trinajstić information content (AvgIpc) is 3.25. The van der Waals surface area contributed by atoms with Crippen molar-refractivity contribution >= 4 is 28.3 Å². The number of amides is 1. The molecule has 1 N–H and O–H groups in total. The third-order valence-corrected chi connectivity index (χ3v) is 7.58. The number of ether oxygens (including phenoxy) is 1. The number of rotatable bonds is 6. The minimum Gasteiger partial charge on any atom is -0.466 e. The van der Waals surface area contributed by atoms with Gasteiger partial charge in [-0.1, -0.05) is 53.7 Å². The Morgan fingerprint density at radius 2 is 1.79 bits per heavy atom. The molecule has 3 aliphatic rings. The Morgan fingerprint density at radius 1 is 1.15 bits per heavy atom. The fraction of sp³-hybridized carbons (Fsp3) is 0.320. The van der Waals surface area contributed by atoms with Crippen molar-refractivity contribution in [1.29, 1.82) is 0 Å². The van der Waals surface area contributed by atoms with Crippen molar-refractivity contribution in [3.8, 4) is 0 Å². The number of esters is 1. The molecule has 0 saturated carbocycles. The van der Waals surface area contributed by atoms with Gasteiger partial charge >= 0.3 is 5.97 Å². The van der Waals surface area contributed by atoms with E-state index in [0.717, 1.165) is 22.3 Å². The highest BCUT2D eigenvalue weighted by Crippen LogP contribution is 2.64. The van der Waals surface area contributed by atoms with E-state index in [1.165, 1.54) is 11.3 Å². The molecule has 0 saturated heterocycles. The van der Waals surface area contributed by atoms with Crippen molar-refractivity contribution in [3.63, 3.8) is 0 Å². The topological polar surface area (TPSA) is 97.7 Å². The van der Waals surface area contributed by atoms with Gasteiger partial charge in [-0.15, -0.1) is 16.2 Å². The molecule has 1 heterocycles. The zero-order chi connectivity index (χ0) is 23.2. The molecule has 0 fully saturated rings. The highest BCUT2D eigenvalue weighted by molar-refractivity contribution is 7.13. The summed E-state index contributed by atoms with van der Waals surface area (Å²) in [5.74, 6) is -0.793. The number of hydrogen-bond acceptors (Lipinski definition) is 7. The lowest BCUT2D eigenvalue weighted by molar-refractivity contribution is -0.142. The van der Waals surface area contributed by atoms with E-state index in [0.29, 0.717) is 17.4 Å². The fourth-order valence-corrected chi connectivity index (χ4v) is 6.17. The maximum absolute atomic E-state index is 13.7. The first-order chi connectivity index (χ1) is 15.9. The minimum absolute atomic E-state index is 0.0546. The summed E-state index contributed by atoms with van der Waals surface area (Å²) in [5.41, 5.74) is 2.18. The predicted molar refractivity (Wildman–Crippen MR) is 125 cm³/mol. The van der Waals surface area contributed by atoms with Crippen LogP contribution in [0, 0.1) is 10.3 Å². The van der Waals surface area contributed by atoms with Gasteiger partial charge in [-0.3, -0.25) is 9.59 Å². The first-order valence-electron chi connectivity index (χ1n) is 10.9. The molecule has 0 aliphatic heterocycles. The second kappa shape index (κ2) is 7.88. The van der Waals surface area contributed by atoms with Gasteiger partial charge in [0.15, 0.2) is 10.7 Å². The van der Waals surface area contributed by atoms with Crippen molar-refractivity contribution in [3.05, 3.63) is 86.8 Å². The summed E-state index contributed by atoms with van der Waals surface area (Å²) in [5, 5.41) is 8.75. The number of carbonyl (C=O) groups is 2. The third-order valence-electron chi connectivity index (χ3n) is 6.77. The number of hydrogen-bond donors (Lipinski definition) is 1. The highest BCUT2D eigenvalue weighted by atomic mass is 32.1. The van der Waals surface area contributed by atoms with Crippen LogP contribution < -0.4 is 5.32 Å². The Hall–Kier alpha value is -3.39. The van der Waals surface area contributed by atoms with E-state index >= 15 is 0 Å². The standard InChI is InChI=1S/C25H23N3O4S/c1-3-32-20(29)12-15-13-33-23(26-15)27-22(30)24(2)14-25(28-31)18-10-6-4-8-16(18)21(24)17-9-5-7-11-19(17)25/h4-11,13,21H,3,12,14H2,1-2H3,(H,26,27,30). The van der Waals surface area contributed by atoms with Crippen LogP contribution in [0.25, 0.3) is 0 Å². The summed E-state index contributed by atoms with van der Waals surface area (Å²) < 4.78 is 4.97. The third kappa shape index (κ3) is 3.20. The van der Waals surface area contributed by atoms with Crippen molar-refractivity contribution < 1.29 is 14.3 Å². The summed E-state index contributed by atoms with van der Waals surface area (Å²) in [7, 11) is 0. The van der Waals surface area contributed by atoms with E-state index in [1.54, 1.807) is 12.3 Å². The molecule has 2 aromatic carbocycles. The molecule has 6 rings (SSSR count). The molecule has 7 nitrogen and oxygen atoms in total. The van der Waals surface area contributed by atoms with Crippen molar-refractivity contribution in [2.24, 2.45) is 10.6 Å². The lowest BCUT2D eigenvalue weighted by atomic mass is 9.49. The molecule has 33 heavy (non-hydrogen) atoms. The van der Waals surface area contributed by atoms with Gasteiger partial charge in [0.1, 0.15) is 0 Å². The van der Waals surface area contributed by atoms with Gasteiger partial charge in [0, 0.05) is 11.3 Å². The molecule has 1 unspecified atom stereocenters. The van der Waals surface area contributed by atoms with Gasteiger partial charge in [0.05, 0.1) is 24.1 Å². The molecule has 0 radical (unpaired) electrons. The number of nitrogens with zero attached hydrogens (tertiary/aromatic N) is 2. The molecular formula is C25H23N3O4S. The summed E-state index contributed by atoms with van der Waals surface area (Å²) in [6, 6.07) is 15.5. The predicted octanol–water partition coefficient (Wildman–Crippen LogP) is 4.75. The fourth-order valence-electron chi connectivity index (χ4n) is 5.46. The molecule has 168 valence electrons. The Morgan fingerprint density at radius 3 is 2.39 bits per heavy atom. The minimum atomic E-state index is -1.12. The molecule has 8 heteroatoms. The molecule has 2 bridgehead atoms. The maximum Gasteiger partial charge on any atom is 0.311 e. The van der Waals surface area contributed by atoms with Crippen molar-refractivity contribution in [2.75, 3.05) is 11.9 Å². The van der Waals surface area contributed by atoms with Crippen LogP contribution in [0.15, 0.2) is 59.1 Å². The van der Waals surface area contributed by atoms with E-state index in [2.05, 4.69) is 15.5 Å². The van der Waals surface area contributed by atoms with Gasteiger partial charge in [0.25, 0.3) is 0 Å². The second-order valence-electron chi connectivity index (χ2n) is 8.73. The van der Waals surface area contributed by atoms with Crippen LogP contribution in [0.4, 0.5) is 5.13 Å². The monoisotopic (exact) mass is 461 g/mol. The number of fused-ring (bicyclic) bond motifs is 1. The molecule has 1 aromatic heterocycles. The quantitative estimate of drug-likeness (QED) is 0.422. The summed E-state index contributed by atoms with van der Waals surface area (Å²) in [6.45, 7) is 3.95. The summed E-state index contributed by atoms with van der Waals surface area (Å²) in [6.07, 6.45) is 0.327. The molecular weight excluding hydrogens is 438 g/mol. The summed E-state index contributed by atoms with van der Waals surface area (Å²) >= 11 is 1.26. The van der Waals surface area contributed by atoms with Crippen LogP contribution in [0.3, 0.4) is 0 Å². The van der Waals surface area contributed by atoms with E-state index in [-0.39, 0.29) is 30.6 Å². The van der Waals surface area contributed by atoms with Crippen LogP contribution in [-0.4, -0.2) is 23.5 Å². The van der Waals surface area contributed by atoms with E-state index in [4.69, 9.17) is 4.74 Å². The van der Waals surface area contributed by atoms with Crippen LogP contribution in [0.5, 0.6) is 0 Å². The highest BCUT2D eigenvalue weighted by Gasteiger charge is 2.61. The lowest BCUT2D eigenvalue weighted by Gasteiger charge is -2.53. The first kappa shape index (κ1) is 21.5. The Kier molecular flexibility index (Phi) is 5.12. The molecule has 1 atom stereocenters. The van der Waals surface area contributed by atoms with Crippen LogP contribution in [-0.2, 0) is 26.3 Å². The van der Waals surface area contributed by atoms with Crippen LogP contribution in [0.2, 0.25) is 0 Å². The van der Waals surface area contributed by atoms with E-state index < -0.39 is 11.0 Å². The van der Waals surface area contributed by atoms with Gasteiger partial charge in [-0.05, 0) is 42.5 Å². The first-order valence-corrected chi connectivity index (χ1v) is 11.8. The SMILES string of the molecule is CCOC(=O)Cc1csc(NC(=O)C2(C)CC3(N=O)c4ccccc4C2c2ccccc23)n1. The van der Waals surface area contributed by atoms with Crippen molar-refractivity contribution in [1.82, 2.24) is 4.98 Å². The molecule has 1 amide bonds. The Balaban J connectivity index is 1.51. The second-order valence-corrected chi connectivity index (χ2v) is 9.59. The number of thiazole rings is 1. The van der Waals surface area contributed by atoms with E-state index in [9.17, 15) is 14.5 Å². The zero-order valence-electron chi connectivity index (χ0n) is 18.3. The molecule has 3 aliphatic carbocycles. The van der Waals surface area contributed by atoms with Crippen LogP contribution >= 0.6 is 11.3 Å². The largest absolute Gasteiger partial charge is 0.466 e. The van der Waals surface area contributed by atoms with E-state index in [1.807, 2.05) is 55.5 Å². The summed E-state index contributed by atoms with van der Waals surface area (Å²) in [4.78, 5) is 42.3. The van der Waals surface area contributed by atoms with Crippen LogP contribution in [0.1, 0.15) is 54.1 Å². The number of benzene rings is 2. The normalized spacial score (nSPS) is 24.5. The number of anilines is 1. The number of nitroso groups, excluding NO2 is 1. The Bertz CT molecular complexity index is 1220. The van der Waals surface area contributed by atoms with Gasteiger partial charge in [0.2, 0.25) is 5.91 Å². The van der Waals surface area contributed by atoms with Crippen molar-refractivity contribution in [2.45, 2.75) is 38.1 Å². The van der Waals surface area contributed by atoms with Gasteiger partial charge < -0.3 is 10.1 Å². The smallest absolute Gasteiger partial charge is 0.311 e. The number of aromatic nitrogens is 1. The molecule has 3 aromatic rings. The zero-order valence-corrected chi connectivity index (χ0v) is 19.1. The lowest BCUT2D eigenvalue weighted by Crippen LogP contribution is -2.53.